The largest absolute Gasteiger partial charge is 0.480 e. The van der Waals surface area contributed by atoms with Crippen LogP contribution >= 0.6 is 0 Å². The predicted molar refractivity (Wildman–Crippen MR) is 124 cm³/mol. The number of carbonyl (C=O) groups is 3. The Bertz CT molecular complexity index is 1030. The molecule has 2 aromatic carbocycles. The summed E-state index contributed by atoms with van der Waals surface area (Å²) < 4.78 is 5.62. The monoisotopic (exact) mass is 448 g/mol. The standard InChI is InChI=1S/C26H28N2O5/c1-2-8-22(24(30)31)27-23(29)15-26(13-7-14-26)28-25(32)33-16-21-19-11-5-3-9-17(19)18-10-4-6-12-20(18)21/h2-6,9-12,21-22H,1,7-8,13-16H2,(H,27,29)(H,28,32)(H,30,31). The Kier molecular flexibility index (Phi) is 6.49. The van der Waals surface area contributed by atoms with Gasteiger partial charge in [0.1, 0.15) is 12.6 Å². The third kappa shape index (κ3) is 4.77. The van der Waals surface area contributed by atoms with Gasteiger partial charge in [-0.25, -0.2) is 9.59 Å². The zero-order valence-corrected chi connectivity index (χ0v) is 18.4. The van der Waals surface area contributed by atoms with Gasteiger partial charge in [0.25, 0.3) is 0 Å². The van der Waals surface area contributed by atoms with Crippen molar-refractivity contribution in [2.24, 2.45) is 0 Å². The van der Waals surface area contributed by atoms with E-state index in [0.29, 0.717) is 12.8 Å². The molecule has 7 nitrogen and oxygen atoms in total. The topological polar surface area (TPSA) is 105 Å². The zero-order valence-electron chi connectivity index (χ0n) is 18.4. The van der Waals surface area contributed by atoms with Crippen molar-refractivity contribution in [2.75, 3.05) is 6.61 Å². The second-order valence-electron chi connectivity index (χ2n) is 8.74. The van der Waals surface area contributed by atoms with Crippen LogP contribution in [0.2, 0.25) is 0 Å². The number of carboxylic acid groups (broad SMARTS) is 1. The molecule has 1 saturated carbocycles. The summed E-state index contributed by atoms with van der Waals surface area (Å²) in [4.78, 5) is 36.4. The van der Waals surface area contributed by atoms with Crippen molar-refractivity contribution >= 4 is 18.0 Å². The Morgan fingerprint density at radius 3 is 2.21 bits per heavy atom. The van der Waals surface area contributed by atoms with Crippen LogP contribution in [0.3, 0.4) is 0 Å². The maximum atomic E-state index is 12.7. The van der Waals surface area contributed by atoms with Gasteiger partial charge >= 0.3 is 12.1 Å². The van der Waals surface area contributed by atoms with Gasteiger partial charge in [0.15, 0.2) is 0 Å². The first-order valence-electron chi connectivity index (χ1n) is 11.2. The smallest absolute Gasteiger partial charge is 0.407 e. The Labute approximate surface area is 192 Å². The quantitative estimate of drug-likeness (QED) is 0.503. The Hall–Kier alpha value is -3.61. The Morgan fingerprint density at radius 1 is 1.09 bits per heavy atom. The lowest BCUT2D eigenvalue weighted by atomic mass is 9.74. The van der Waals surface area contributed by atoms with Gasteiger partial charge in [-0.3, -0.25) is 4.79 Å². The fraction of sp³-hybridized carbons (Fsp3) is 0.346. The Balaban J connectivity index is 1.37. The molecule has 7 heteroatoms. The number of rotatable bonds is 9. The molecule has 172 valence electrons. The van der Waals surface area contributed by atoms with Crippen LogP contribution in [0.15, 0.2) is 61.2 Å². The second-order valence-corrected chi connectivity index (χ2v) is 8.74. The molecule has 0 radical (unpaired) electrons. The molecular formula is C26H28N2O5. The molecule has 0 bridgehead atoms. The van der Waals surface area contributed by atoms with Crippen molar-refractivity contribution in [2.45, 2.75) is 49.6 Å². The van der Waals surface area contributed by atoms with Gasteiger partial charge in [0.2, 0.25) is 5.91 Å². The number of benzene rings is 2. The predicted octanol–water partition coefficient (Wildman–Crippen LogP) is 3.98. The molecule has 1 unspecified atom stereocenters. The van der Waals surface area contributed by atoms with Gasteiger partial charge in [-0.2, -0.15) is 0 Å². The molecule has 4 rings (SSSR count). The normalized spacial score (nSPS) is 16.5. The number of aliphatic carboxylic acids is 1. The molecule has 0 saturated heterocycles. The van der Waals surface area contributed by atoms with Crippen LogP contribution in [0.4, 0.5) is 4.79 Å². The van der Waals surface area contributed by atoms with Crippen LogP contribution in [0, 0.1) is 0 Å². The van der Waals surface area contributed by atoms with E-state index in [9.17, 15) is 19.5 Å². The average molecular weight is 449 g/mol. The number of ether oxygens (including phenoxy) is 1. The first kappa shape index (κ1) is 22.6. The summed E-state index contributed by atoms with van der Waals surface area (Å²) in [5, 5.41) is 14.6. The highest BCUT2D eigenvalue weighted by molar-refractivity contribution is 5.85. The highest BCUT2D eigenvalue weighted by atomic mass is 16.5. The highest BCUT2D eigenvalue weighted by Crippen LogP contribution is 2.44. The SMILES string of the molecule is C=CCC(NC(=O)CC1(NC(=O)OCC2c3ccccc3-c3ccccc32)CCC1)C(=O)O. The van der Waals surface area contributed by atoms with Crippen molar-refractivity contribution in [3.63, 3.8) is 0 Å². The Morgan fingerprint density at radius 2 is 1.70 bits per heavy atom. The fourth-order valence-corrected chi connectivity index (χ4v) is 4.74. The molecular weight excluding hydrogens is 420 g/mol. The van der Waals surface area contributed by atoms with Crippen LogP contribution < -0.4 is 10.6 Å². The minimum Gasteiger partial charge on any atom is -0.480 e. The van der Waals surface area contributed by atoms with Crippen molar-refractivity contribution in [3.05, 3.63) is 72.3 Å². The third-order valence-electron chi connectivity index (χ3n) is 6.56. The minimum atomic E-state index is -1.12. The van der Waals surface area contributed by atoms with E-state index in [1.54, 1.807) is 0 Å². The molecule has 3 N–H and O–H groups in total. The maximum Gasteiger partial charge on any atom is 0.407 e. The van der Waals surface area contributed by atoms with Crippen LogP contribution in [0.25, 0.3) is 11.1 Å². The minimum absolute atomic E-state index is 0.0120. The van der Waals surface area contributed by atoms with E-state index in [2.05, 4.69) is 41.5 Å². The molecule has 2 aliphatic carbocycles. The number of carbonyl (C=O) groups excluding carboxylic acids is 2. The summed E-state index contributed by atoms with van der Waals surface area (Å²) in [6.07, 6.45) is 3.20. The highest BCUT2D eigenvalue weighted by Gasteiger charge is 2.41. The molecule has 2 aromatic rings. The van der Waals surface area contributed by atoms with Crippen LogP contribution in [-0.4, -0.2) is 41.3 Å². The first-order valence-corrected chi connectivity index (χ1v) is 11.2. The van der Waals surface area contributed by atoms with E-state index in [1.807, 2.05) is 24.3 Å². The maximum absolute atomic E-state index is 12.7. The van der Waals surface area contributed by atoms with Gasteiger partial charge in [0.05, 0.1) is 5.54 Å². The summed E-state index contributed by atoms with van der Waals surface area (Å²) in [5.41, 5.74) is 3.87. The van der Waals surface area contributed by atoms with Gasteiger partial charge in [0, 0.05) is 12.3 Å². The number of amides is 2. The molecule has 0 spiro atoms. The van der Waals surface area contributed by atoms with E-state index in [1.165, 1.54) is 6.08 Å². The first-order chi connectivity index (χ1) is 15.9. The number of alkyl carbamates (subject to hydrolysis) is 1. The van der Waals surface area contributed by atoms with Gasteiger partial charge < -0.3 is 20.5 Å². The lowest BCUT2D eigenvalue weighted by Gasteiger charge is -2.41. The average Bonchev–Trinajstić information content (AvgIpc) is 3.09. The lowest BCUT2D eigenvalue weighted by Crippen LogP contribution is -2.57. The van der Waals surface area contributed by atoms with Gasteiger partial charge in [-0.05, 0) is 47.9 Å². The van der Waals surface area contributed by atoms with Crippen molar-refractivity contribution in [3.8, 4) is 11.1 Å². The molecule has 0 heterocycles. The number of hydrogen-bond acceptors (Lipinski definition) is 4. The summed E-state index contributed by atoms with van der Waals surface area (Å²) in [5.74, 6) is -1.57. The lowest BCUT2D eigenvalue weighted by molar-refractivity contribution is -0.142. The number of carboxylic acids is 1. The zero-order chi connectivity index (χ0) is 23.4. The summed E-state index contributed by atoms with van der Waals surface area (Å²) in [6, 6.07) is 15.2. The van der Waals surface area contributed by atoms with Crippen molar-refractivity contribution in [1.29, 1.82) is 0 Å². The molecule has 0 aliphatic heterocycles. The molecule has 0 aromatic heterocycles. The van der Waals surface area contributed by atoms with E-state index in [4.69, 9.17) is 4.74 Å². The van der Waals surface area contributed by atoms with Crippen molar-refractivity contribution < 1.29 is 24.2 Å². The van der Waals surface area contributed by atoms with Crippen molar-refractivity contribution in [1.82, 2.24) is 10.6 Å². The van der Waals surface area contributed by atoms with Crippen LogP contribution in [0.5, 0.6) is 0 Å². The van der Waals surface area contributed by atoms with Crippen LogP contribution in [-0.2, 0) is 14.3 Å². The number of hydrogen-bond donors (Lipinski definition) is 3. The van der Waals surface area contributed by atoms with Crippen LogP contribution in [0.1, 0.15) is 49.1 Å². The summed E-state index contributed by atoms with van der Waals surface area (Å²) in [6.45, 7) is 3.72. The third-order valence-corrected chi connectivity index (χ3v) is 6.56. The summed E-state index contributed by atoms with van der Waals surface area (Å²) in [7, 11) is 0. The van der Waals surface area contributed by atoms with E-state index >= 15 is 0 Å². The van der Waals surface area contributed by atoms with E-state index in [0.717, 1.165) is 28.7 Å². The molecule has 2 aliphatic rings. The van der Waals surface area contributed by atoms with Gasteiger partial charge in [-0.1, -0.05) is 54.6 Å². The molecule has 1 atom stereocenters. The summed E-state index contributed by atoms with van der Waals surface area (Å²) >= 11 is 0. The fourth-order valence-electron chi connectivity index (χ4n) is 4.74. The molecule has 2 amide bonds. The molecule has 1 fully saturated rings. The van der Waals surface area contributed by atoms with E-state index < -0.39 is 29.6 Å². The van der Waals surface area contributed by atoms with Gasteiger partial charge in [-0.15, -0.1) is 6.58 Å². The second kappa shape index (κ2) is 9.48. The number of fused-ring (bicyclic) bond motifs is 3. The number of nitrogens with one attached hydrogen (secondary N) is 2. The van der Waals surface area contributed by atoms with E-state index in [-0.39, 0.29) is 25.4 Å². The molecule has 33 heavy (non-hydrogen) atoms.